The van der Waals surface area contributed by atoms with E-state index in [0.29, 0.717) is 12.0 Å². The summed E-state index contributed by atoms with van der Waals surface area (Å²) in [6.07, 6.45) is 10.2. The molecule has 0 aliphatic heterocycles. The zero-order valence-electron chi connectivity index (χ0n) is 14.3. The standard InChI is InChI=1S/C20H27NO2/c1-3-5-6-7-8-9-13-16-20(17-21,19(22)23-4-2)18-14-11-10-12-15-18/h9-15H,3-8,16H2,1-2H3. The van der Waals surface area contributed by atoms with E-state index in [2.05, 4.69) is 19.1 Å². The summed E-state index contributed by atoms with van der Waals surface area (Å²) in [7, 11) is 0. The quantitative estimate of drug-likeness (QED) is 0.350. The van der Waals surface area contributed by atoms with Crippen LogP contribution in [0.4, 0.5) is 0 Å². The Labute approximate surface area is 140 Å². The van der Waals surface area contributed by atoms with Crippen molar-refractivity contribution in [1.29, 1.82) is 5.26 Å². The lowest BCUT2D eigenvalue weighted by molar-refractivity contribution is -0.147. The van der Waals surface area contributed by atoms with Crippen molar-refractivity contribution in [1.82, 2.24) is 0 Å². The van der Waals surface area contributed by atoms with Crippen LogP contribution in [0.25, 0.3) is 0 Å². The van der Waals surface area contributed by atoms with Gasteiger partial charge in [-0.3, -0.25) is 0 Å². The third kappa shape index (κ3) is 5.56. The smallest absolute Gasteiger partial charge is 0.331 e. The molecule has 0 amide bonds. The molecule has 0 heterocycles. The van der Waals surface area contributed by atoms with Crippen LogP contribution in [-0.4, -0.2) is 12.6 Å². The van der Waals surface area contributed by atoms with E-state index in [9.17, 15) is 10.1 Å². The second-order valence-corrected chi connectivity index (χ2v) is 5.63. The van der Waals surface area contributed by atoms with Crippen LogP contribution in [0.2, 0.25) is 0 Å². The van der Waals surface area contributed by atoms with Crippen molar-refractivity contribution in [2.24, 2.45) is 0 Å². The highest BCUT2D eigenvalue weighted by Crippen LogP contribution is 2.30. The van der Waals surface area contributed by atoms with Crippen LogP contribution in [0.15, 0.2) is 42.5 Å². The average Bonchev–Trinajstić information content (AvgIpc) is 2.59. The number of hydrogen-bond acceptors (Lipinski definition) is 3. The summed E-state index contributed by atoms with van der Waals surface area (Å²) < 4.78 is 5.17. The fourth-order valence-corrected chi connectivity index (χ4v) is 2.52. The number of nitrogens with zero attached hydrogens (tertiary/aromatic N) is 1. The number of carbonyl (C=O) groups excluding carboxylic acids is 1. The van der Waals surface area contributed by atoms with Crippen LogP contribution in [0, 0.1) is 11.3 Å². The molecule has 0 aromatic heterocycles. The first-order valence-corrected chi connectivity index (χ1v) is 8.50. The minimum absolute atomic E-state index is 0.274. The van der Waals surface area contributed by atoms with Crippen LogP contribution in [0.5, 0.6) is 0 Å². The van der Waals surface area contributed by atoms with Gasteiger partial charge in [0.1, 0.15) is 0 Å². The topological polar surface area (TPSA) is 50.1 Å². The summed E-state index contributed by atoms with van der Waals surface area (Å²) in [6, 6.07) is 11.4. The van der Waals surface area contributed by atoms with Crippen molar-refractivity contribution < 1.29 is 9.53 Å². The molecule has 23 heavy (non-hydrogen) atoms. The summed E-state index contributed by atoms with van der Waals surface area (Å²) >= 11 is 0. The van der Waals surface area contributed by atoms with Gasteiger partial charge in [0.15, 0.2) is 5.41 Å². The Morgan fingerprint density at radius 3 is 2.52 bits per heavy atom. The number of rotatable bonds is 10. The molecule has 0 saturated carbocycles. The van der Waals surface area contributed by atoms with Crippen LogP contribution in [-0.2, 0) is 14.9 Å². The van der Waals surface area contributed by atoms with E-state index in [1.54, 1.807) is 6.92 Å². The molecule has 3 heteroatoms. The van der Waals surface area contributed by atoms with E-state index < -0.39 is 11.4 Å². The predicted octanol–water partition coefficient (Wildman–Crippen LogP) is 4.93. The summed E-state index contributed by atoms with van der Waals surface area (Å²) in [6.45, 7) is 4.22. The van der Waals surface area contributed by atoms with Crippen LogP contribution >= 0.6 is 0 Å². The Balaban J connectivity index is 2.82. The molecule has 1 rings (SSSR count). The minimum atomic E-state index is -1.25. The van der Waals surface area contributed by atoms with E-state index in [1.807, 2.05) is 36.4 Å². The fraction of sp³-hybridized carbons (Fsp3) is 0.500. The molecular formula is C20H27NO2. The van der Waals surface area contributed by atoms with Gasteiger partial charge < -0.3 is 4.74 Å². The van der Waals surface area contributed by atoms with Crippen molar-refractivity contribution in [3.8, 4) is 6.07 Å². The zero-order valence-corrected chi connectivity index (χ0v) is 14.3. The molecule has 0 fully saturated rings. The van der Waals surface area contributed by atoms with Crippen LogP contribution in [0.1, 0.15) is 57.9 Å². The van der Waals surface area contributed by atoms with Gasteiger partial charge >= 0.3 is 5.97 Å². The Morgan fingerprint density at radius 1 is 1.17 bits per heavy atom. The number of allylic oxidation sites excluding steroid dienone is 2. The maximum absolute atomic E-state index is 12.4. The number of nitriles is 1. The normalized spacial score (nSPS) is 13.4. The molecule has 0 bridgehead atoms. The zero-order chi connectivity index (χ0) is 17.0. The Hall–Kier alpha value is -2.08. The first-order valence-electron chi connectivity index (χ1n) is 8.50. The molecule has 0 spiro atoms. The molecule has 1 aromatic rings. The number of ether oxygens (including phenoxy) is 1. The first-order chi connectivity index (χ1) is 11.2. The van der Waals surface area contributed by atoms with E-state index in [1.165, 1.54) is 19.3 Å². The molecule has 124 valence electrons. The molecule has 1 unspecified atom stereocenters. The lowest BCUT2D eigenvalue weighted by atomic mass is 9.78. The van der Waals surface area contributed by atoms with Gasteiger partial charge in [-0.05, 0) is 31.7 Å². The SMILES string of the molecule is CCCCCCC=CCC(C#N)(C(=O)OCC)c1ccccc1. The number of carbonyl (C=O) groups is 1. The van der Waals surface area contributed by atoms with Gasteiger partial charge in [0.2, 0.25) is 0 Å². The maximum atomic E-state index is 12.4. The number of esters is 1. The van der Waals surface area contributed by atoms with Crippen LogP contribution in [0.3, 0.4) is 0 Å². The summed E-state index contributed by atoms with van der Waals surface area (Å²) in [5.41, 5.74) is -0.562. The molecule has 0 saturated heterocycles. The van der Waals surface area contributed by atoms with E-state index in [0.717, 1.165) is 12.8 Å². The molecule has 1 aromatic carbocycles. The van der Waals surface area contributed by atoms with Gasteiger partial charge in [-0.25, -0.2) is 4.79 Å². The number of unbranched alkanes of at least 4 members (excludes halogenated alkanes) is 4. The fourth-order valence-electron chi connectivity index (χ4n) is 2.52. The van der Waals surface area contributed by atoms with Crippen LogP contribution < -0.4 is 0 Å². The second-order valence-electron chi connectivity index (χ2n) is 5.63. The predicted molar refractivity (Wildman–Crippen MR) is 92.9 cm³/mol. The summed E-state index contributed by atoms with van der Waals surface area (Å²) in [5, 5.41) is 9.71. The van der Waals surface area contributed by atoms with Crippen molar-refractivity contribution in [2.75, 3.05) is 6.61 Å². The largest absolute Gasteiger partial charge is 0.465 e. The monoisotopic (exact) mass is 313 g/mol. The van der Waals surface area contributed by atoms with Crippen molar-refractivity contribution in [3.05, 3.63) is 48.0 Å². The van der Waals surface area contributed by atoms with Gasteiger partial charge in [-0.15, -0.1) is 0 Å². The van der Waals surface area contributed by atoms with E-state index >= 15 is 0 Å². The summed E-state index contributed by atoms with van der Waals surface area (Å²) in [4.78, 5) is 12.4. The third-order valence-electron chi connectivity index (χ3n) is 3.90. The number of benzene rings is 1. The Kier molecular flexibility index (Phi) is 8.75. The van der Waals surface area contributed by atoms with E-state index in [-0.39, 0.29) is 6.61 Å². The number of hydrogen-bond donors (Lipinski definition) is 0. The second kappa shape index (κ2) is 10.6. The molecule has 0 radical (unpaired) electrons. The van der Waals surface area contributed by atoms with Crippen molar-refractivity contribution in [3.63, 3.8) is 0 Å². The maximum Gasteiger partial charge on any atom is 0.331 e. The molecule has 0 aliphatic rings. The molecule has 3 nitrogen and oxygen atoms in total. The molecular weight excluding hydrogens is 286 g/mol. The van der Waals surface area contributed by atoms with Gasteiger partial charge in [0.05, 0.1) is 12.7 Å². The lowest BCUT2D eigenvalue weighted by Gasteiger charge is -2.23. The molecule has 0 aliphatic carbocycles. The van der Waals surface area contributed by atoms with Gasteiger partial charge in [-0.1, -0.05) is 68.7 Å². The van der Waals surface area contributed by atoms with Gasteiger partial charge in [-0.2, -0.15) is 5.26 Å². The highest BCUT2D eigenvalue weighted by Gasteiger charge is 2.41. The highest BCUT2D eigenvalue weighted by atomic mass is 16.5. The van der Waals surface area contributed by atoms with Crippen molar-refractivity contribution in [2.45, 2.75) is 57.8 Å². The molecule has 1 atom stereocenters. The average molecular weight is 313 g/mol. The Morgan fingerprint density at radius 2 is 1.91 bits per heavy atom. The van der Waals surface area contributed by atoms with E-state index in [4.69, 9.17) is 4.74 Å². The highest BCUT2D eigenvalue weighted by molar-refractivity contribution is 5.87. The lowest BCUT2D eigenvalue weighted by Crippen LogP contribution is -2.35. The van der Waals surface area contributed by atoms with Crippen molar-refractivity contribution >= 4 is 5.97 Å². The molecule has 0 N–H and O–H groups in total. The van der Waals surface area contributed by atoms with Gasteiger partial charge in [0.25, 0.3) is 0 Å². The van der Waals surface area contributed by atoms with Gasteiger partial charge in [0, 0.05) is 0 Å². The minimum Gasteiger partial charge on any atom is -0.465 e. The first kappa shape index (κ1) is 19.0. The Bertz CT molecular complexity index is 530. The third-order valence-corrected chi connectivity index (χ3v) is 3.90. The summed E-state index contributed by atoms with van der Waals surface area (Å²) in [5.74, 6) is -0.468.